The Bertz CT molecular complexity index is 674. The van der Waals surface area contributed by atoms with E-state index in [-0.39, 0.29) is 13.2 Å². The molecule has 0 radical (unpaired) electrons. The number of para-hydroxylation sites is 1. The molecule has 1 aromatic heterocycles. The van der Waals surface area contributed by atoms with Crippen LogP contribution in [0.25, 0.3) is 0 Å². The summed E-state index contributed by atoms with van der Waals surface area (Å²) in [6, 6.07) is 7.32. The third-order valence-corrected chi connectivity index (χ3v) is 3.92. The standard InChI is InChI=1S/C14H13BrN2O4S/c1-9-4-2-3-5-10(9)20-8-13(19)21-7-12(18)17-14-16-6-11(15)22-14/h2-6H,7-8H2,1H3,(H,16,17,18). The zero-order chi connectivity index (χ0) is 15.9. The van der Waals surface area contributed by atoms with Gasteiger partial charge in [-0.3, -0.25) is 10.1 Å². The van der Waals surface area contributed by atoms with Crippen LogP contribution in [0.15, 0.2) is 34.2 Å². The highest BCUT2D eigenvalue weighted by atomic mass is 79.9. The third-order valence-electron chi connectivity index (χ3n) is 2.53. The lowest BCUT2D eigenvalue weighted by atomic mass is 10.2. The molecule has 0 aliphatic carbocycles. The number of benzene rings is 1. The molecule has 1 N–H and O–H groups in total. The van der Waals surface area contributed by atoms with Crippen molar-refractivity contribution in [3.05, 3.63) is 39.8 Å². The second-order valence-corrected chi connectivity index (χ2v) is 6.64. The molecule has 0 saturated carbocycles. The van der Waals surface area contributed by atoms with Crippen molar-refractivity contribution in [1.82, 2.24) is 4.98 Å². The molecule has 8 heteroatoms. The number of nitrogens with zero attached hydrogens (tertiary/aromatic N) is 1. The highest BCUT2D eigenvalue weighted by Gasteiger charge is 2.10. The molecular weight excluding hydrogens is 372 g/mol. The van der Waals surface area contributed by atoms with E-state index in [4.69, 9.17) is 9.47 Å². The van der Waals surface area contributed by atoms with Crippen LogP contribution in [0.3, 0.4) is 0 Å². The number of carbonyl (C=O) groups is 2. The second kappa shape index (κ2) is 7.90. The van der Waals surface area contributed by atoms with Crippen molar-refractivity contribution in [2.45, 2.75) is 6.92 Å². The van der Waals surface area contributed by atoms with Gasteiger partial charge in [-0.2, -0.15) is 0 Å². The van der Waals surface area contributed by atoms with E-state index >= 15 is 0 Å². The quantitative estimate of drug-likeness (QED) is 0.774. The third kappa shape index (κ3) is 5.12. The average molecular weight is 385 g/mol. The Morgan fingerprint density at radius 3 is 2.77 bits per heavy atom. The number of esters is 1. The van der Waals surface area contributed by atoms with Gasteiger partial charge in [0.1, 0.15) is 5.75 Å². The number of hydrogen-bond donors (Lipinski definition) is 1. The van der Waals surface area contributed by atoms with Crippen molar-refractivity contribution in [3.63, 3.8) is 0 Å². The first-order valence-electron chi connectivity index (χ1n) is 6.30. The van der Waals surface area contributed by atoms with Crippen LogP contribution in [0, 0.1) is 6.92 Å². The van der Waals surface area contributed by atoms with E-state index in [0.29, 0.717) is 10.9 Å². The lowest BCUT2D eigenvalue weighted by molar-refractivity contribution is -0.149. The molecule has 0 spiro atoms. The summed E-state index contributed by atoms with van der Waals surface area (Å²) in [6.45, 7) is 1.24. The van der Waals surface area contributed by atoms with Gasteiger partial charge in [0.25, 0.3) is 5.91 Å². The summed E-state index contributed by atoms with van der Waals surface area (Å²) in [6.07, 6.45) is 1.57. The number of thiazole rings is 1. The highest BCUT2D eigenvalue weighted by molar-refractivity contribution is 9.11. The fourth-order valence-electron chi connectivity index (χ4n) is 1.51. The maximum Gasteiger partial charge on any atom is 0.344 e. The fraction of sp³-hybridized carbons (Fsp3) is 0.214. The number of rotatable bonds is 6. The molecule has 22 heavy (non-hydrogen) atoms. The number of carbonyl (C=O) groups excluding carboxylic acids is 2. The molecule has 116 valence electrons. The number of aryl methyl sites for hydroxylation is 1. The number of anilines is 1. The van der Waals surface area contributed by atoms with Crippen molar-refractivity contribution in [3.8, 4) is 5.75 Å². The molecule has 0 saturated heterocycles. The van der Waals surface area contributed by atoms with E-state index in [9.17, 15) is 9.59 Å². The maximum atomic E-state index is 11.6. The molecule has 1 heterocycles. The number of ether oxygens (including phenoxy) is 2. The van der Waals surface area contributed by atoms with Crippen molar-refractivity contribution in [2.75, 3.05) is 18.5 Å². The number of nitrogens with one attached hydrogen (secondary N) is 1. The van der Waals surface area contributed by atoms with Gasteiger partial charge < -0.3 is 9.47 Å². The zero-order valence-electron chi connectivity index (χ0n) is 11.7. The predicted molar refractivity (Wildman–Crippen MR) is 86.1 cm³/mol. The molecule has 0 fully saturated rings. The van der Waals surface area contributed by atoms with Crippen LogP contribution < -0.4 is 10.1 Å². The smallest absolute Gasteiger partial charge is 0.344 e. The minimum absolute atomic E-state index is 0.249. The van der Waals surface area contributed by atoms with Crippen molar-refractivity contribution >= 4 is 44.3 Å². The minimum Gasteiger partial charge on any atom is -0.482 e. The number of aromatic nitrogens is 1. The van der Waals surface area contributed by atoms with Gasteiger partial charge in [0, 0.05) is 0 Å². The summed E-state index contributed by atoms with van der Waals surface area (Å²) < 4.78 is 11.0. The topological polar surface area (TPSA) is 77.5 Å². The molecule has 0 atom stereocenters. The lowest BCUT2D eigenvalue weighted by Gasteiger charge is -2.08. The largest absolute Gasteiger partial charge is 0.482 e. The van der Waals surface area contributed by atoms with E-state index in [1.807, 2.05) is 25.1 Å². The molecule has 6 nitrogen and oxygen atoms in total. The van der Waals surface area contributed by atoms with Crippen LogP contribution in [-0.4, -0.2) is 30.1 Å². The van der Waals surface area contributed by atoms with E-state index in [0.717, 1.165) is 9.35 Å². The van der Waals surface area contributed by atoms with Gasteiger partial charge >= 0.3 is 5.97 Å². The normalized spacial score (nSPS) is 10.1. The molecule has 0 unspecified atom stereocenters. The van der Waals surface area contributed by atoms with Crippen LogP contribution >= 0.6 is 27.3 Å². The number of hydrogen-bond acceptors (Lipinski definition) is 6. The Balaban J connectivity index is 1.71. The summed E-state index contributed by atoms with van der Waals surface area (Å²) in [4.78, 5) is 27.1. The summed E-state index contributed by atoms with van der Waals surface area (Å²) in [5.41, 5.74) is 0.919. The van der Waals surface area contributed by atoms with Crippen molar-refractivity contribution in [1.29, 1.82) is 0 Å². The molecule has 2 rings (SSSR count). The Kier molecular flexibility index (Phi) is 5.91. The molecule has 0 aliphatic rings. The first-order chi connectivity index (χ1) is 10.5. The SMILES string of the molecule is Cc1ccccc1OCC(=O)OCC(=O)Nc1ncc(Br)s1. The Morgan fingerprint density at radius 2 is 2.09 bits per heavy atom. The number of amides is 1. The van der Waals surface area contributed by atoms with Crippen LogP contribution in [0.1, 0.15) is 5.56 Å². The zero-order valence-corrected chi connectivity index (χ0v) is 14.1. The lowest BCUT2D eigenvalue weighted by Crippen LogP contribution is -2.23. The first kappa shape index (κ1) is 16.4. The molecule has 1 aromatic carbocycles. The van der Waals surface area contributed by atoms with Gasteiger partial charge in [0.2, 0.25) is 0 Å². The van der Waals surface area contributed by atoms with Gasteiger partial charge in [0.05, 0.1) is 9.98 Å². The van der Waals surface area contributed by atoms with Crippen molar-refractivity contribution < 1.29 is 19.1 Å². The molecular formula is C14H13BrN2O4S. The van der Waals surface area contributed by atoms with Crippen LogP contribution in [0.5, 0.6) is 5.75 Å². The monoisotopic (exact) mass is 384 g/mol. The Hall–Kier alpha value is -1.93. The summed E-state index contributed by atoms with van der Waals surface area (Å²) >= 11 is 4.50. The Labute approximate surface area is 139 Å². The molecule has 2 aromatic rings. The first-order valence-corrected chi connectivity index (χ1v) is 7.91. The number of halogens is 1. The maximum absolute atomic E-state index is 11.6. The minimum atomic E-state index is -0.612. The van der Waals surface area contributed by atoms with Gasteiger partial charge in [-0.15, -0.1) is 0 Å². The van der Waals surface area contributed by atoms with Gasteiger partial charge in [-0.05, 0) is 34.5 Å². The average Bonchev–Trinajstić information content (AvgIpc) is 2.89. The Morgan fingerprint density at radius 1 is 1.32 bits per heavy atom. The van der Waals surface area contributed by atoms with Gasteiger partial charge in [-0.25, -0.2) is 9.78 Å². The van der Waals surface area contributed by atoms with E-state index in [1.165, 1.54) is 11.3 Å². The summed E-state index contributed by atoms with van der Waals surface area (Å²) in [5.74, 6) is -0.457. The summed E-state index contributed by atoms with van der Waals surface area (Å²) in [7, 11) is 0. The molecule has 0 bridgehead atoms. The van der Waals surface area contributed by atoms with Crippen LogP contribution in [0.4, 0.5) is 5.13 Å². The second-order valence-electron chi connectivity index (χ2n) is 4.23. The van der Waals surface area contributed by atoms with Crippen LogP contribution in [-0.2, 0) is 14.3 Å². The molecule has 1 amide bonds. The van der Waals surface area contributed by atoms with E-state index in [1.54, 1.807) is 12.3 Å². The fourth-order valence-corrected chi connectivity index (χ4v) is 2.63. The summed E-state index contributed by atoms with van der Waals surface area (Å²) in [5, 5.41) is 2.96. The van der Waals surface area contributed by atoms with E-state index < -0.39 is 11.9 Å². The highest BCUT2D eigenvalue weighted by Crippen LogP contribution is 2.22. The van der Waals surface area contributed by atoms with Gasteiger partial charge in [-0.1, -0.05) is 29.5 Å². The van der Waals surface area contributed by atoms with Crippen molar-refractivity contribution in [2.24, 2.45) is 0 Å². The molecule has 0 aliphatic heterocycles. The van der Waals surface area contributed by atoms with Crippen LogP contribution in [0.2, 0.25) is 0 Å². The van der Waals surface area contributed by atoms with E-state index in [2.05, 4.69) is 26.2 Å². The van der Waals surface area contributed by atoms with Gasteiger partial charge in [0.15, 0.2) is 18.3 Å². The predicted octanol–water partition coefficient (Wildman–Crippen LogP) is 2.77.